The minimum absolute atomic E-state index is 0.0889. The fourth-order valence-electron chi connectivity index (χ4n) is 2.53. The van der Waals surface area contributed by atoms with Gasteiger partial charge in [0.2, 0.25) is 0 Å². The maximum absolute atomic E-state index is 12.5. The fraction of sp³-hybridized carbons (Fsp3) is 0.571. The van der Waals surface area contributed by atoms with Gasteiger partial charge in [0.15, 0.2) is 0 Å². The van der Waals surface area contributed by atoms with Gasteiger partial charge in [-0.2, -0.15) is 0 Å². The molecular weight excluding hydrogens is 262 g/mol. The highest BCUT2D eigenvalue weighted by Gasteiger charge is 2.25. The third-order valence-electron chi connectivity index (χ3n) is 3.75. The van der Waals surface area contributed by atoms with E-state index in [1.807, 2.05) is 7.05 Å². The smallest absolute Gasteiger partial charge is 0.274 e. The summed E-state index contributed by atoms with van der Waals surface area (Å²) < 4.78 is 0. The van der Waals surface area contributed by atoms with E-state index in [0.29, 0.717) is 22.6 Å². The van der Waals surface area contributed by atoms with Crippen LogP contribution in [0.4, 0.5) is 5.82 Å². The Hall–Kier alpha value is -1.29. The Labute approximate surface area is 119 Å². The summed E-state index contributed by atoms with van der Waals surface area (Å²) in [4.78, 5) is 18.6. The van der Waals surface area contributed by atoms with Crippen LogP contribution >= 0.6 is 11.6 Å². The molecule has 1 amide bonds. The Morgan fingerprint density at radius 2 is 2.05 bits per heavy atom. The molecule has 1 N–H and O–H groups in total. The van der Waals surface area contributed by atoms with Crippen LogP contribution in [0.5, 0.6) is 0 Å². The zero-order valence-electron chi connectivity index (χ0n) is 11.4. The summed E-state index contributed by atoms with van der Waals surface area (Å²) in [5.74, 6) is 0.568. The second-order valence-electron chi connectivity index (χ2n) is 4.98. The summed E-state index contributed by atoms with van der Waals surface area (Å²) in [5.41, 5.74) is 0.335. The van der Waals surface area contributed by atoms with Gasteiger partial charge in [0, 0.05) is 20.1 Å². The quantitative estimate of drug-likeness (QED) is 0.925. The number of pyridine rings is 1. The lowest BCUT2D eigenvalue weighted by molar-refractivity contribution is 0.0690. The molecule has 0 unspecified atom stereocenters. The largest absolute Gasteiger partial charge is 0.373 e. The average molecular weight is 282 g/mol. The number of aromatic nitrogens is 1. The molecule has 0 spiro atoms. The van der Waals surface area contributed by atoms with Crippen LogP contribution in [0.15, 0.2) is 12.1 Å². The van der Waals surface area contributed by atoms with E-state index in [9.17, 15) is 4.79 Å². The summed E-state index contributed by atoms with van der Waals surface area (Å²) in [6.07, 6.45) is 5.81. The van der Waals surface area contributed by atoms with Gasteiger partial charge in [-0.25, -0.2) is 4.98 Å². The monoisotopic (exact) mass is 281 g/mol. The number of nitrogens with zero attached hydrogens (tertiary/aromatic N) is 2. The SMILES string of the molecule is CNc1ccc(Cl)c(C(=O)N(C)C2CCCCC2)n1. The van der Waals surface area contributed by atoms with Crippen LogP contribution in [0.25, 0.3) is 0 Å². The van der Waals surface area contributed by atoms with Crippen LogP contribution in [0, 0.1) is 0 Å². The van der Waals surface area contributed by atoms with Gasteiger partial charge in [-0.1, -0.05) is 30.9 Å². The number of amides is 1. The standard InChI is InChI=1S/C14H20ClN3O/c1-16-12-9-8-11(15)13(17-12)14(19)18(2)10-6-4-3-5-7-10/h8-10H,3-7H2,1-2H3,(H,16,17). The maximum Gasteiger partial charge on any atom is 0.274 e. The molecule has 0 bridgehead atoms. The third-order valence-corrected chi connectivity index (χ3v) is 4.05. The van der Waals surface area contributed by atoms with Crippen LogP contribution in [0.2, 0.25) is 5.02 Å². The molecule has 1 fully saturated rings. The number of anilines is 1. The van der Waals surface area contributed by atoms with Crippen LogP contribution in [0.3, 0.4) is 0 Å². The van der Waals surface area contributed by atoms with Crippen molar-refractivity contribution in [3.05, 3.63) is 22.8 Å². The minimum Gasteiger partial charge on any atom is -0.373 e. The molecule has 1 aliphatic carbocycles. The first-order chi connectivity index (χ1) is 9.13. The van der Waals surface area contributed by atoms with Crippen molar-refractivity contribution >= 4 is 23.3 Å². The Morgan fingerprint density at radius 1 is 1.37 bits per heavy atom. The van der Waals surface area contributed by atoms with Crippen molar-refractivity contribution in [2.24, 2.45) is 0 Å². The van der Waals surface area contributed by atoms with Crippen LogP contribution in [0.1, 0.15) is 42.6 Å². The highest BCUT2D eigenvalue weighted by Crippen LogP contribution is 2.24. The molecule has 4 nitrogen and oxygen atoms in total. The zero-order valence-corrected chi connectivity index (χ0v) is 12.2. The molecule has 1 aromatic heterocycles. The predicted molar refractivity (Wildman–Crippen MR) is 77.8 cm³/mol. The van der Waals surface area contributed by atoms with Crippen molar-refractivity contribution in [3.63, 3.8) is 0 Å². The number of hydrogen-bond donors (Lipinski definition) is 1. The molecule has 0 aliphatic heterocycles. The molecule has 1 aromatic rings. The van der Waals surface area contributed by atoms with E-state index >= 15 is 0 Å². The van der Waals surface area contributed by atoms with Crippen molar-refractivity contribution < 1.29 is 4.79 Å². The summed E-state index contributed by atoms with van der Waals surface area (Å²) in [6.45, 7) is 0. The van der Waals surface area contributed by atoms with Gasteiger partial charge < -0.3 is 10.2 Å². The van der Waals surface area contributed by atoms with Gasteiger partial charge in [0.1, 0.15) is 11.5 Å². The van der Waals surface area contributed by atoms with Crippen LogP contribution in [-0.2, 0) is 0 Å². The number of rotatable bonds is 3. The average Bonchev–Trinajstić information content (AvgIpc) is 2.47. The summed E-state index contributed by atoms with van der Waals surface area (Å²) in [7, 11) is 3.62. The highest BCUT2D eigenvalue weighted by atomic mass is 35.5. The molecule has 0 atom stereocenters. The summed E-state index contributed by atoms with van der Waals surface area (Å²) in [5, 5.41) is 3.34. The first-order valence-corrected chi connectivity index (χ1v) is 7.12. The van der Waals surface area contributed by atoms with Gasteiger partial charge in [-0.05, 0) is 25.0 Å². The number of halogens is 1. The lowest BCUT2D eigenvalue weighted by atomic mass is 9.94. The molecule has 0 radical (unpaired) electrons. The molecule has 1 heterocycles. The first-order valence-electron chi connectivity index (χ1n) is 6.75. The zero-order chi connectivity index (χ0) is 13.8. The molecule has 1 saturated carbocycles. The van der Waals surface area contributed by atoms with Crippen LogP contribution in [-0.4, -0.2) is 35.9 Å². The molecule has 104 valence electrons. The molecule has 5 heteroatoms. The Kier molecular flexibility index (Phi) is 4.64. The molecular formula is C14H20ClN3O. The van der Waals surface area contributed by atoms with E-state index in [0.717, 1.165) is 12.8 Å². The summed E-state index contributed by atoms with van der Waals surface area (Å²) >= 11 is 6.09. The number of nitrogens with one attached hydrogen (secondary N) is 1. The van der Waals surface area contributed by atoms with E-state index < -0.39 is 0 Å². The van der Waals surface area contributed by atoms with Crippen molar-refractivity contribution in [2.75, 3.05) is 19.4 Å². The number of hydrogen-bond acceptors (Lipinski definition) is 3. The Balaban J connectivity index is 2.18. The predicted octanol–water partition coefficient (Wildman–Crippen LogP) is 3.18. The van der Waals surface area contributed by atoms with E-state index in [-0.39, 0.29) is 5.91 Å². The third kappa shape index (κ3) is 3.18. The van der Waals surface area contributed by atoms with Gasteiger partial charge >= 0.3 is 0 Å². The normalized spacial score (nSPS) is 16.2. The molecule has 0 aromatic carbocycles. The second-order valence-corrected chi connectivity index (χ2v) is 5.39. The lowest BCUT2D eigenvalue weighted by Gasteiger charge is -2.31. The maximum atomic E-state index is 12.5. The van der Waals surface area contributed by atoms with E-state index in [1.54, 1.807) is 24.1 Å². The van der Waals surface area contributed by atoms with Gasteiger partial charge in [-0.3, -0.25) is 4.79 Å². The Morgan fingerprint density at radius 3 is 2.68 bits per heavy atom. The van der Waals surface area contributed by atoms with Crippen molar-refractivity contribution in [1.29, 1.82) is 0 Å². The number of carbonyl (C=O) groups excluding carboxylic acids is 1. The molecule has 0 saturated heterocycles. The second kappa shape index (κ2) is 6.24. The van der Waals surface area contributed by atoms with Gasteiger partial charge in [-0.15, -0.1) is 0 Å². The van der Waals surface area contributed by atoms with Gasteiger partial charge in [0.05, 0.1) is 5.02 Å². The Bertz CT molecular complexity index is 458. The highest BCUT2D eigenvalue weighted by molar-refractivity contribution is 6.33. The van der Waals surface area contributed by atoms with E-state index in [1.165, 1.54) is 19.3 Å². The first kappa shape index (κ1) is 14.1. The molecule has 2 rings (SSSR count). The van der Waals surface area contributed by atoms with E-state index in [4.69, 9.17) is 11.6 Å². The van der Waals surface area contributed by atoms with Crippen molar-refractivity contribution in [1.82, 2.24) is 9.88 Å². The lowest BCUT2D eigenvalue weighted by Crippen LogP contribution is -2.38. The van der Waals surface area contributed by atoms with Gasteiger partial charge in [0.25, 0.3) is 5.91 Å². The number of carbonyl (C=O) groups is 1. The summed E-state index contributed by atoms with van der Waals surface area (Å²) in [6, 6.07) is 3.79. The van der Waals surface area contributed by atoms with Crippen LogP contribution < -0.4 is 5.32 Å². The topological polar surface area (TPSA) is 45.2 Å². The van der Waals surface area contributed by atoms with Crippen molar-refractivity contribution in [3.8, 4) is 0 Å². The molecule has 19 heavy (non-hydrogen) atoms. The fourth-order valence-corrected chi connectivity index (χ4v) is 2.72. The van der Waals surface area contributed by atoms with Crippen molar-refractivity contribution in [2.45, 2.75) is 38.1 Å². The van der Waals surface area contributed by atoms with E-state index in [2.05, 4.69) is 10.3 Å². The minimum atomic E-state index is -0.0889. The molecule has 1 aliphatic rings.